The van der Waals surface area contributed by atoms with E-state index >= 15 is 4.79 Å². The van der Waals surface area contributed by atoms with Crippen LogP contribution < -0.4 is 15.2 Å². The zero-order chi connectivity index (χ0) is 59.4. The highest BCUT2D eigenvalue weighted by atomic mass is 35.5. The summed E-state index contributed by atoms with van der Waals surface area (Å²) in [5.74, 6) is 0.807. The third kappa shape index (κ3) is 12.9. The van der Waals surface area contributed by atoms with E-state index < -0.39 is 23.0 Å². The van der Waals surface area contributed by atoms with Gasteiger partial charge in [-0.05, 0) is 137 Å². The second kappa shape index (κ2) is 25.5. The zero-order valence-corrected chi connectivity index (χ0v) is 51.0. The maximum atomic E-state index is 15.6. The molecule has 2 aromatic heterocycles. The van der Waals surface area contributed by atoms with Gasteiger partial charge in [0.1, 0.15) is 40.4 Å². The normalized spacial score (nSPS) is 19.4. The Balaban J connectivity index is 0.772. The van der Waals surface area contributed by atoms with Gasteiger partial charge < -0.3 is 25.0 Å². The van der Waals surface area contributed by atoms with Crippen LogP contribution in [0.4, 0.5) is 15.0 Å². The fourth-order valence-corrected chi connectivity index (χ4v) is 12.2. The molecule has 0 aliphatic carbocycles. The molecule has 3 amide bonds. The van der Waals surface area contributed by atoms with E-state index in [0.29, 0.717) is 95.2 Å². The number of Topliss-reactive ketones (excluding diaryl/α,β-unsaturated/α-hetero) is 1. The molecule has 0 spiro atoms. The summed E-state index contributed by atoms with van der Waals surface area (Å²) in [6, 6.07) is 25.7. The Labute approximate surface area is 498 Å². The van der Waals surface area contributed by atoms with Gasteiger partial charge in [0.25, 0.3) is 11.8 Å². The van der Waals surface area contributed by atoms with Gasteiger partial charge >= 0.3 is 6.03 Å². The predicted octanol–water partition coefficient (Wildman–Crippen LogP) is 13.5. The molecule has 2 bridgehead atoms. The number of halogens is 3. The molecule has 440 valence electrons. The number of benzene rings is 4. The number of nitrogens with two attached hydrogens (primary N) is 1. The average Bonchev–Trinajstić information content (AvgIpc) is 2.31. The summed E-state index contributed by atoms with van der Waals surface area (Å²) < 4.78 is 28.9. The number of aromatic nitrogens is 4. The number of urea groups is 1. The number of rotatable bonds is 18. The first-order valence-corrected chi connectivity index (χ1v) is 30.0. The number of piperazine rings is 1. The van der Waals surface area contributed by atoms with Gasteiger partial charge in [0.05, 0.1) is 42.0 Å². The molecule has 6 aromatic rings. The number of nitrogen functional groups attached to an aromatic ring is 1. The second-order valence-electron chi connectivity index (χ2n) is 23.7. The molecule has 1 saturated heterocycles. The van der Waals surface area contributed by atoms with E-state index in [1.807, 2.05) is 76.9 Å². The number of anilines is 1. The Bertz CT molecular complexity index is 3360. The standard InChI is InChI=1S/C65H79Cl2FN10O5/c1-10-82-56-38-46(63(4,5)6)24-30-52(56)59-72-64(7,44-20-25-47(66)26-21-44)65(8,45-22-27-48(67)28-23-45)78(59)62(81)76-36-34-75(35-37-76)32-16-14-12-11-13-15-18-50(79)19-17-33-77-55-41-74(9)61(80)51-31-29-49(68)39-53(51)43(3)83-60-58(69)70-40-54(71-60)57(55)42(2)73-77/h20-31,38-40,43H,10-19,32-37,41H2,1-9H3,(H2,69,70)/t43-,64-,65+/m1/s1. The van der Waals surface area contributed by atoms with Crippen molar-refractivity contribution in [3.63, 3.8) is 0 Å². The summed E-state index contributed by atoms with van der Waals surface area (Å²) in [6.07, 6.45) is 8.47. The van der Waals surface area contributed by atoms with E-state index in [1.165, 1.54) is 18.2 Å². The van der Waals surface area contributed by atoms with Crippen molar-refractivity contribution in [2.75, 3.05) is 52.1 Å². The van der Waals surface area contributed by atoms with Crippen LogP contribution in [-0.2, 0) is 34.4 Å². The molecule has 83 heavy (non-hydrogen) atoms. The van der Waals surface area contributed by atoms with Crippen molar-refractivity contribution in [2.45, 2.75) is 149 Å². The number of carbonyl (C=O) groups is 3. The number of unbranched alkanes of at least 4 members (excludes halogenated alkanes) is 5. The number of amides is 3. The molecule has 3 aliphatic heterocycles. The Morgan fingerprint density at radius 2 is 1.47 bits per heavy atom. The van der Waals surface area contributed by atoms with Gasteiger partial charge in [-0.2, -0.15) is 5.10 Å². The van der Waals surface area contributed by atoms with Crippen LogP contribution in [0.3, 0.4) is 0 Å². The van der Waals surface area contributed by atoms with Crippen LogP contribution in [0.15, 0.2) is 96.1 Å². The zero-order valence-electron chi connectivity index (χ0n) is 49.5. The lowest BCUT2D eigenvalue weighted by Crippen LogP contribution is -2.60. The number of aryl methyl sites for hydroxylation is 2. The number of amidine groups is 1. The summed E-state index contributed by atoms with van der Waals surface area (Å²) in [5, 5.41) is 6.07. The van der Waals surface area contributed by atoms with Gasteiger partial charge in [-0.15, -0.1) is 0 Å². The molecule has 3 atom stereocenters. The maximum absolute atomic E-state index is 15.6. The largest absolute Gasteiger partial charge is 0.493 e. The molecule has 15 nitrogen and oxygen atoms in total. The van der Waals surface area contributed by atoms with Crippen LogP contribution in [-0.4, -0.2) is 109 Å². The summed E-state index contributed by atoms with van der Waals surface area (Å²) in [5.41, 5.74) is 11.1. The number of carbonyl (C=O) groups excluding carboxylic acids is 3. The summed E-state index contributed by atoms with van der Waals surface area (Å²) in [4.78, 5) is 65.3. The third-order valence-electron chi connectivity index (χ3n) is 16.9. The summed E-state index contributed by atoms with van der Waals surface area (Å²) in [7, 11) is 1.70. The molecule has 18 heteroatoms. The van der Waals surface area contributed by atoms with Crippen molar-refractivity contribution in [3.8, 4) is 22.9 Å². The van der Waals surface area contributed by atoms with Crippen LogP contribution in [0.2, 0.25) is 10.0 Å². The highest BCUT2D eigenvalue weighted by molar-refractivity contribution is 6.30. The van der Waals surface area contributed by atoms with E-state index in [-0.39, 0.29) is 41.4 Å². The number of hydrogen-bond acceptors (Lipinski definition) is 11. The number of ketones is 1. The third-order valence-corrected chi connectivity index (χ3v) is 17.4. The number of aliphatic imine (C=N–C) groups is 1. The minimum absolute atomic E-state index is 0.0707. The van der Waals surface area contributed by atoms with Crippen LogP contribution >= 0.6 is 23.2 Å². The fourth-order valence-electron chi connectivity index (χ4n) is 11.9. The smallest absolute Gasteiger partial charge is 0.326 e. The van der Waals surface area contributed by atoms with Gasteiger partial charge in [0.2, 0.25) is 0 Å². The van der Waals surface area contributed by atoms with Crippen molar-refractivity contribution >= 4 is 52.6 Å². The predicted molar refractivity (Wildman–Crippen MR) is 326 cm³/mol. The minimum atomic E-state index is -1.01. The SMILES string of the molecule is CCOc1cc(C(C)(C)C)ccc1C1=N[C@](C)(c2ccc(Cl)cc2)[C@](C)(c2ccc(Cl)cc2)N1C(=O)N1CCN(CCCCCCCCC(=O)CCCn2nc(C)c3c2CN(C)C(=O)c2ccc(F)cc2[C@@H](C)Oc2nc-3cnc2N)CC1. The number of fused-ring (bicyclic) bond motifs is 5. The molecule has 5 heterocycles. The van der Waals surface area contributed by atoms with Gasteiger partial charge in [0, 0.05) is 79.3 Å². The van der Waals surface area contributed by atoms with E-state index in [0.717, 1.165) is 86.1 Å². The summed E-state index contributed by atoms with van der Waals surface area (Å²) in [6.45, 7) is 21.0. The van der Waals surface area contributed by atoms with Gasteiger partial charge in [0.15, 0.2) is 5.82 Å². The lowest BCUT2D eigenvalue weighted by Gasteiger charge is -2.47. The number of nitrogens with zero attached hydrogens (tertiary/aromatic N) is 9. The molecule has 0 saturated carbocycles. The van der Waals surface area contributed by atoms with E-state index in [1.54, 1.807) is 25.1 Å². The Kier molecular flexibility index (Phi) is 18.7. The van der Waals surface area contributed by atoms with Crippen molar-refractivity contribution < 1.29 is 28.2 Å². The molecule has 3 aliphatic rings. The summed E-state index contributed by atoms with van der Waals surface area (Å²) >= 11 is 13.0. The quantitative estimate of drug-likeness (QED) is 0.0819. The molecular weight excluding hydrogens is 1090 g/mol. The number of ether oxygens (including phenoxy) is 2. The first kappa shape index (κ1) is 60.7. The van der Waals surface area contributed by atoms with Gasteiger partial charge in [-0.3, -0.25) is 29.1 Å². The van der Waals surface area contributed by atoms with Crippen LogP contribution in [0.25, 0.3) is 11.3 Å². The van der Waals surface area contributed by atoms with Crippen molar-refractivity contribution in [3.05, 3.63) is 152 Å². The molecule has 2 N–H and O–H groups in total. The van der Waals surface area contributed by atoms with Crippen molar-refractivity contribution in [2.24, 2.45) is 4.99 Å². The van der Waals surface area contributed by atoms with Gasteiger partial charge in [-0.25, -0.2) is 19.2 Å². The number of hydrogen-bond donors (Lipinski definition) is 1. The monoisotopic (exact) mass is 1170 g/mol. The average molecular weight is 1170 g/mol. The lowest BCUT2D eigenvalue weighted by molar-refractivity contribution is -0.119. The van der Waals surface area contributed by atoms with Crippen LogP contribution in [0, 0.1) is 12.7 Å². The Morgan fingerprint density at radius 1 is 0.831 bits per heavy atom. The molecule has 4 aromatic carbocycles. The topological polar surface area (TPSA) is 165 Å². The van der Waals surface area contributed by atoms with Crippen molar-refractivity contribution in [1.29, 1.82) is 0 Å². The fraction of sp³-hybridized carbons (Fsp3) is 0.462. The molecule has 1 fully saturated rings. The van der Waals surface area contributed by atoms with Gasteiger partial charge in [-0.1, -0.05) is 100.0 Å². The lowest BCUT2D eigenvalue weighted by atomic mass is 9.71. The highest BCUT2D eigenvalue weighted by Gasteiger charge is 2.60. The van der Waals surface area contributed by atoms with Crippen LogP contribution in [0.1, 0.15) is 162 Å². The van der Waals surface area contributed by atoms with E-state index in [2.05, 4.69) is 62.7 Å². The molecular formula is C65H79Cl2FN10O5. The highest BCUT2D eigenvalue weighted by Crippen LogP contribution is 2.54. The minimum Gasteiger partial charge on any atom is -0.493 e. The first-order valence-electron chi connectivity index (χ1n) is 29.2. The molecule has 9 rings (SSSR count). The van der Waals surface area contributed by atoms with Crippen LogP contribution in [0.5, 0.6) is 11.6 Å². The van der Waals surface area contributed by atoms with E-state index in [4.69, 9.17) is 53.5 Å². The Hall–Kier alpha value is -6.88. The maximum Gasteiger partial charge on any atom is 0.326 e. The first-order chi connectivity index (χ1) is 39.6. The Morgan fingerprint density at radius 3 is 2.14 bits per heavy atom. The van der Waals surface area contributed by atoms with E-state index in [9.17, 15) is 14.0 Å². The second-order valence-corrected chi connectivity index (χ2v) is 24.5. The molecule has 0 radical (unpaired) electrons. The van der Waals surface area contributed by atoms with Crippen molar-refractivity contribution in [1.82, 2.24) is 39.3 Å². The molecule has 0 unspecified atom stereocenters.